The third-order valence-electron chi connectivity index (χ3n) is 3.49. The van der Waals surface area contributed by atoms with Crippen LogP contribution in [-0.2, 0) is 0 Å². The molecule has 1 aliphatic carbocycles. The molecule has 2 aromatic rings. The zero-order valence-corrected chi connectivity index (χ0v) is 9.91. The number of hydrogen-bond acceptors (Lipinski definition) is 3. The Morgan fingerprint density at radius 1 is 1.50 bits per heavy atom. The molecule has 0 radical (unpaired) electrons. The van der Waals surface area contributed by atoms with Gasteiger partial charge in [-0.3, -0.25) is 4.98 Å². The first-order valence-electron chi connectivity index (χ1n) is 5.84. The Morgan fingerprint density at radius 2 is 2.38 bits per heavy atom. The van der Waals surface area contributed by atoms with Crippen molar-refractivity contribution >= 4 is 21.6 Å². The molecule has 0 bridgehead atoms. The molecule has 2 heterocycles. The highest BCUT2D eigenvalue weighted by molar-refractivity contribution is 7.17. The van der Waals surface area contributed by atoms with Crippen molar-refractivity contribution < 1.29 is 5.11 Å². The van der Waals surface area contributed by atoms with Gasteiger partial charge in [-0.1, -0.05) is 19.3 Å². The maximum Gasteiger partial charge on any atom is 0.0809 e. The van der Waals surface area contributed by atoms with Crippen LogP contribution in [0.2, 0.25) is 0 Å². The van der Waals surface area contributed by atoms with E-state index in [0.717, 1.165) is 23.4 Å². The van der Waals surface area contributed by atoms with Crippen LogP contribution in [0.3, 0.4) is 0 Å². The van der Waals surface area contributed by atoms with Gasteiger partial charge in [-0.05, 0) is 29.9 Å². The molecule has 0 amide bonds. The first-order valence-corrected chi connectivity index (χ1v) is 6.72. The number of thiophene rings is 1. The van der Waals surface area contributed by atoms with E-state index in [-0.39, 0.29) is 6.10 Å². The normalized spacial score (nSPS) is 18.6. The van der Waals surface area contributed by atoms with Gasteiger partial charge in [0, 0.05) is 11.8 Å². The van der Waals surface area contributed by atoms with Gasteiger partial charge >= 0.3 is 0 Å². The first kappa shape index (κ1) is 10.2. The molecule has 0 saturated heterocycles. The number of nitrogens with zero attached hydrogens (tertiary/aromatic N) is 1. The molecule has 1 saturated carbocycles. The first-order chi connectivity index (χ1) is 7.83. The van der Waals surface area contributed by atoms with Crippen molar-refractivity contribution in [2.45, 2.75) is 31.8 Å². The number of rotatable bonds is 3. The van der Waals surface area contributed by atoms with E-state index < -0.39 is 0 Å². The molecule has 0 spiro atoms. The zero-order chi connectivity index (χ0) is 11.0. The lowest BCUT2D eigenvalue weighted by atomic mass is 9.80. The Balaban J connectivity index is 1.80. The molecule has 1 fully saturated rings. The second kappa shape index (κ2) is 4.15. The van der Waals surface area contributed by atoms with Gasteiger partial charge in [0.15, 0.2) is 0 Å². The summed E-state index contributed by atoms with van der Waals surface area (Å²) in [4.78, 5) is 4.36. The van der Waals surface area contributed by atoms with E-state index in [1.807, 2.05) is 17.6 Å². The maximum atomic E-state index is 10.1. The van der Waals surface area contributed by atoms with Crippen LogP contribution in [0.1, 0.15) is 37.4 Å². The van der Waals surface area contributed by atoms with Gasteiger partial charge in [0.1, 0.15) is 0 Å². The van der Waals surface area contributed by atoms with Crippen LogP contribution in [0.25, 0.3) is 10.2 Å². The highest BCUT2D eigenvalue weighted by Crippen LogP contribution is 2.35. The Kier molecular flexibility index (Phi) is 2.65. The van der Waals surface area contributed by atoms with E-state index in [4.69, 9.17) is 0 Å². The van der Waals surface area contributed by atoms with Crippen molar-refractivity contribution in [1.82, 2.24) is 4.98 Å². The predicted molar refractivity (Wildman–Crippen MR) is 66.5 cm³/mol. The van der Waals surface area contributed by atoms with Gasteiger partial charge in [-0.15, -0.1) is 11.3 Å². The minimum Gasteiger partial charge on any atom is -0.388 e. The van der Waals surface area contributed by atoms with Crippen molar-refractivity contribution in [2.75, 3.05) is 0 Å². The van der Waals surface area contributed by atoms with Gasteiger partial charge in [0.25, 0.3) is 0 Å². The topological polar surface area (TPSA) is 33.1 Å². The van der Waals surface area contributed by atoms with Crippen LogP contribution in [0.4, 0.5) is 0 Å². The van der Waals surface area contributed by atoms with Crippen LogP contribution in [0.15, 0.2) is 23.7 Å². The fourth-order valence-electron chi connectivity index (χ4n) is 2.22. The van der Waals surface area contributed by atoms with Crippen molar-refractivity contribution in [3.8, 4) is 0 Å². The number of pyridine rings is 1. The van der Waals surface area contributed by atoms with E-state index >= 15 is 0 Å². The molecular weight excluding hydrogens is 218 g/mol. The summed E-state index contributed by atoms with van der Waals surface area (Å²) in [5.41, 5.74) is 2.01. The quantitative estimate of drug-likeness (QED) is 0.880. The van der Waals surface area contributed by atoms with Gasteiger partial charge in [0.2, 0.25) is 0 Å². The van der Waals surface area contributed by atoms with Gasteiger partial charge < -0.3 is 5.11 Å². The number of aliphatic hydroxyl groups excluding tert-OH is 1. The van der Waals surface area contributed by atoms with Crippen LogP contribution in [0.5, 0.6) is 0 Å². The average Bonchev–Trinajstić information content (AvgIpc) is 2.69. The van der Waals surface area contributed by atoms with Crippen LogP contribution >= 0.6 is 11.3 Å². The minimum atomic E-state index is -0.329. The van der Waals surface area contributed by atoms with Crippen LogP contribution in [0, 0.1) is 5.92 Å². The summed E-state index contributed by atoms with van der Waals surface area (Å²) >= 11 is 1.68. The van der Waals surface area contributed by atoms with Crippen LogP contribution < -0.4 is 0 Å². The lowest BCUT2D eigenvalue weighted by Gasteiger charge is -2.27. The van der Waals surface area contributed by atoms with Crippen molar-refractivity contribution in [2.24, 2.45) is 5.92 Å². The smallest absolute Gasteiger partial charge is 0.0809 e. The summed E-state index contributed by atoms with van der Waals surface area (Å²) in [6.07, 6.45) is 6.29. The number of hydrogen-bond donors (Lipinski definition) is 1. The SMILES string of the molecule is OC(CC1CCC1)c1cnc2ccsc2c1. The summed E-state index contributed by atoms with van der Waals surface area (Å²) in [6, 6.07) is 4.10. The molecule has 0 aliphatic heterocycles. The Hall–Kier alpha value is -0.930. The maximum absolute atomic E-state index is 10.1. The fourth-order valence-corrected chi connectivity index (χ4v) is 3.01. The van der Waals surface area contributed by atoms with Gasteiger partial charge in [-0.25, -0.2) is 0 Å². The Bertz CT molecular complexity index is 489. The second-order valence-corrected chi connectivity index (χ2v) is 5.57. The molecular formula is C13H15NOS. The third-order valence-corrected chi connectivity index (χ3v) is 4.34. The van der Waals surface area contributed by atoms with E-state index in [2.05, 4.69) is 11.1 Å². The number of aliphatic hydroxyl groups is 1. The summed E-state index contributed by atoms with van der Waals surface area (Å²) < 4.78 is 1.17. The lowest BCUT2D eigenvalue weighted by molar-refractivity contribution is 0.118. The van der Waals surface area contributed by atoms with E-state index in [9.17, 15) is 5.11 Å². The molecule has 0 aromatic carbocycles. The molecule has 1 aliphatic rings. The average molecular weight is 233 g/mol. The third kappa shape index (κ3) is 1.85. The largest absolute Gasteiger partial charge is 0.388 e. The summed E-state index contributed by atoms with van der Waals surface area (Å²) in [6.45, 7) is 0. The molecule has 16 heavy (non-hydrogen) atoms. The predicted octanol–water partition coefficient (Wildman–Crippen LogP) is 3.52. The molecule has 84 valence electrons. The molecule has 2 aromatic heterocycles. The standard InChI is InChI=1S/C13H15NOS/c15-12(6-9-2-1-3-9)10-7-13-11(14-8-10)4-5-16-13/h4-5,7-9,12,15H,1-3,6H2. The van der Waals surface area contributed by atoms with E-state index in [1.165, 1.54) is 24.0 Å². The molecule has 2 nitrogen and oxygen atoms in total. The molecule has 1 unspecified atom stereocenters. The molecule has 1 atom stereocenters. The Labute approximate surface area is 99.0 Å². The molecule has 3 heteroatoms. The minimum absolute atomic E-state index is 0.329. The van der Waals surface area contributed by atoms with Gasteiger partial charge in [0.05, 0.1) is 16.3 Å². The number of aromatic nitrogens is 1. The molecule has 3 rings (SSSR count). The monoisotopic (exact) mass is 233 g/mol. The summed E-state index contributed by atoms with van der Waals surface area (Å²) in [7, 11) is 0. The molecule has 1 N–H and O–H groups in total. The zero-order valence-electron chi connectivity index (χ0n) is 9.10. The van der Waals surface area contributed by atoms with Crippen molar-refractivity contribution in [3.63, 3.8) is 0 Å². The van der Waals surface area contributed by atoms with Crippen molar-refractivity contribution in [3.05, 3.63) is 29.3 Å². The fraction of sp³-hybridized carbons (Fsp3) is 0.462. The van der Waals surface area contributed by atoms with Crippen molar-refractivity contribution in [1.29, 1.82) is 0 Å². The summed E-state index contributed by atoms with van der Waals surface area (Å²) in [5, 5.41) is 12.2. The highest BCUT2D eigenvalue weighted by atomic mass is 32.1. The summed E-state index contributed by atoms with van der Waals surface area (Å²) in [5.74, 6) is 0.731. The van der Waals surface area contributed by atoms with E-state index in [1.54, 1.807) is 11.3 Å². The number of fused-ring (bicyclic) bond motifs is 1. The van der Waals surface area contributed by atoms with Gasteiger partial charge in [-0.2, -0.15) is 0 Å². The van der Waals surface area contributed by atoms with Crippen LogP contribution in [-0.4, -0.2) is 10.1 Å². The van der Waals surface area contributed by atoms with E-state index in [0.29, 0.717) is 0 Å². The lowest BCUT2D eigenvalue weighted by Crippen LogP contribution is -2.14. The second-order valence-electron chi connectivity index (χ2n) is 4.62. The Morgan fingerprint density at radius 3 is 3.12 bits per heavy atom. The highest BCUT2D eigenvalue weighted by Gasteiger charge is 2.22.